The minimum atomic E-state index is -3.60. The molecule has 72 heavy (non-hydrogen) atoms. The summed E-state index contributed by atoms with van der Waals surface area (Å²) in [6.45, 7) is 12.3. The van der Waals surface area contributed by atoms with Crippen molar-refractivity contribution in [3.8, 4) is 0 Å². The quantitative estimate of drug-likeness (QED) is 0.0404. The van der Waals surface area contributed by atoms with Crippen LogP contribution in [0.5, 0.6) is 0 Å². The Morgan fingerprint density at radius 3 is 2.22 bits per heavy atom. The van der Waals surface area contributed by atoms with Crippen LogP contribution in [0.2, 0.25) is 5.02 Å². The lowest BCUT2D eigenvalue weighted by molar-refractivity contribution is -0.121. The number of fused-ring (bicyclic) bond motifs is 1. The van der Waals surface area contributed by atoms with E-state index < -0.39 is 10.0 Å². The number of amidine groups is 1. The maximum atomic E-state index is 14.6. The lowest BCUT2D eigenvalue weighted by Crippen LogP contribution is -2.54. The minimum absolute atomic E-state index is 0.0341. The van der Waals surface area contributed by atoms with Crippen LogP contribution in [0.1, 0.15) is 97.8 Å². The largest absolute Gasteiger partial charge is 0.358 e. The molecule has 3 N–H and O–H groups in total. The number of carbonyl (C=O) groups is 2. The van der Waals surface area contributed by atoms with Gasteiger partial charge in [-0.3, -0.25) is 14.6 Å². The molecule has 1 aromatic heterocycles. The van der Waals surface area contributed by atoms with Crippen LogP contribution in [-0.4, -0.2) is 107 Å². The number of hydrogen-bond acceptors (Lipinski definition) is 9. The second-order valence-electron chi connectivity index (χ2n) is 19.2. The zero-order valence-electron chi connectivity index (χ0n) is 41.9. The summed E-state index contributed by atoms with van der Waals surface area (Å²) in [7, 11) is -3.60. The van der Waals surface area contributed by atoms with Crippen LogP contribution < -0.4 is 16.0 Å². The van der Waals surface area contributed by atoms with Gasteiger partial charge in [0.05, 0.1) is 16.6 Å². The van der Waals surface area contributed by atoms with E-state index in [2.05, 4.69) is 56.7 Å². The number of anilines is 1. The molecule has 5 aromatic rings. The van der Waals surface area contributed by atoms with Crippen LogP contribution >= 0.6 is 23.8 Å². The van der Waals surface area contributed by atoms with Crippen molar-refractivity contribution in [1.29, 1.82) is 0 Å². The number of benzene rings is 4. The first-order valence-electron chi connectivity index (χ1n) is 25.4. The number of nitrogens with one attached hydrogen (secondary N) is 3. The Kier molecular flexibility index (Phi) is 20.1. The highest BCUT2D eigenvalue weighted by molar-refractivity contribution is 7.89. The molecule has 2 aliphatic rings. The second-order valence-corrected chi connectivity index (χ2v) is 21.9. The number of thiocarbonyl (C=S) groups is 1. The smallest absolute Gasteiger partial charge is 0.254 e. The first kappa shape index (κ1) is 54.1. The van der Waals surface area contributed by atoms with Crippen molar-refractivity contribution in [1.82, 2.24) is 34.6 Å². The highest BCUT2D eigenvalue weighted by Crippen LogP contribution is 2.33. The van der Waals surface area contributed by atoms with Crippen LogP contribution in [0, 0.1) is 12.8 Å². The van der Waals surface area contributed by atoms with Crippen molar-refractivity contribution in [2.75, 3.05) is 51.1 Å². The molecule has 0 unspecified atom stereocenters. The topological polar surface area (TPSA) is 143 Å². The van der Waals surface area contributed by atoms with Gasteiger partial charge in [0.1, 0.15) is 5.84 Å². The number of pyridine rings is 1. The van der Waals surface area contributed by atoms with Gasteiger partial charge < -0.3 is 30.7 Å². The van der Waals surface area contributed by atoms with E-state index in [1.807, 2.05) is 84.6 Å². The molecule has 7 rings (SSSR count). The number of amides is 2. The van der Waals surface area contributed by atoms with E-state index in [4.69, 9.17) is 28.8 Å². The van der Waals surface area contributed by atoms with Gasteiger partial charge >= 0.3 is 0 Å². The van der Waals surface area contributed by atoms with E-state index in [0.717, 1.165) is 78.8 Å². The Balaban J connectivity index is 0.808. The predicted molar refractivity (Wildman–Crippen MR) is 294 cm³/mol. The predicted octanol–water partition coefficient (Wildman–Crippen LogP) is 9.99. The van der Waals surface area contributed by atoms with Crippen molar-refractivity contribution in [2.24, 2.45) is 10.9 Å². The number of aliphatic imine (C=N–C) groups is 1. The molecule has 1 saturated heterocycles. The fourth-order valence-electron chi connectivity index (χ4n) is 9.28. The summed E-state index contributed by atoms with van der Waals surface area (Å²) in [5.41, 5.74) is 6.49. The van der Waals surface area contributed by atoms with E-state index >= 15 is 0 Å². The fraction of sp³-hybridized carbons (Fsp3) is 0.411. The molecular weight excluding hydrogens is 962 g/mol. The summed E-state index contributed by atoms with van der Waals surface area (Å²) in [6.07, 6.45) is 10.7. The number of hydrogen-bond donors (Lipinski definition) is 3. The molecule has 0 spiro atoms. The molecule has 2 aliphatic heterocycles. The third kappa shape index (κ3) is 15.6. The molecule has 0 aliphatic carbocycles. The van der Waals surface area contributed by atoms with Crippen LogP contribution in [0.15, 0.2) is 131 Å². The number of nitrogens with zero attached hydrogens (tertiary/aromatic N) is 6. The third-order valence-electron chi connectivity index (χ3n) is 13.3. The van der Waals surface area contributed by atoms with Gasteiger partial charge in [0.15, 0.2) is 5.11 Å². The molecule has 0 saturated carbocycles. The number of halogens is 1. The summed E-state index contributed by atoms with van der Waals surface area (Å²) >= 11 is 11.9. The number of sulfonamides is 1. The second kappa shape index (κ2) is 26.8. The number of piperazine rings is 1. The van der Waals surface area contributed by atoms with Crippen LogP contribution in [0.4, 0.5) is 11.4 Å². The summed E-state index contributed by atoms with van der Waals surface area (Å²) in [5.74, 6) is 0.841. The fourth-order valence-corrected chi connectivity index (χ4v) is 11.1. The van der Waals surface area contributed by atoms with Gasteiger partial charge in [0.2, 0.25) is 15.9 Å². The minimum Gasteiger partial charge on any atom is -0.358 e. The van der Waals surface area contributed by atoms with Gasteiger partial charge in [-0.05, 0) is 122 Å². The first-order valence-corrected chi connectivity index (χ1v) is 27.6. The molecule has 13 nitrogen and oxygen atoms in total. The van der Waals surface area contributed by atoms with Crippen molar-refractivity contribution < 1.29 is 18.0 Å². The van der Waals surface area contributed by atoms with Gasteiger partial charge in [-0.15, -0.1) is 0 Å². The van der Waals surface area contributed by atoms with Gasteiger partial charge in [-0.2, -0.15) is 4.31 Å². The van der Waals surface area contributed by atoms with Gasteiger partial charge in [-0.25, -0.2) is 13.4 Å². The highest BCUT2D eigenvalue weighted by atomic mass is 35.5. The number of rotatable bonds is 24. The number of unbranched alkanes of at least 4 members (excludes halogenated alkanes) is 5. The average Bonchev–Trinajstić information content (AvgIpc) is 3.38. The number of aryl methyl sites for hydroxylation is 1. The van der Waals surface area contributed by atoms with Crippen LogP contribution in [0.25, 0.3) is 0 Å². The molecular formula is C56H70ClN9O4S2. The Hall–Kier alpha value is -5.71. The zero-order chi connectivity index (χ0) is 50.9. The van der Waals surface area contributed by atoms with Crippen LogP contribution in [-0.2, 0) is 34.5 Å². The maximum Gasteiger partial charge on any atom is 0.254 e. The molecule has 2 amide bonds. The molecule has 1 atom stereocenters. The Morgan fingerprint density at radius 2 is 1.51 bits per heavy atom. The van der Waals surface area contributed by atoms with Crippen molar-refractivity contribution in [2.45, 2.75) is 103 Å². The SMILES string of the molecule is Cc1ccc(C(=O)N(CCCNC(=O)CCCCCCCCN2CCN(S(=O)(=O)c3ccc(NC(=S)NCc4cccnc4)cc3)CC2)[C@@H](C2=Nc3cc(Cl)ccc3CN2Cc2ccccc2)C(C)C)cc1. The first-order chi connectivity index (χ1) is 34.8. The van der Waals surface area contributed by atoms with Crippen molar-refractivity contribution in [3.05, 3.63) is 154 Å². The molecule has 1 fully saturated rings. The molecule has 3 heterocycles. The van der Waals surface area contributed by atoms with Gasteiger partial charge in [0, 0.05) is 94.0 Å². The average molecular weight is 1030 g/mol. The Labute approximate surface area is 437 Å². The lowest BCUT2D eigenvalue weighted by atomic mass is 9.96. The molecule has 16 heteroatoms. The van der Waals surface area contributed by atoms with E-state index in [0.29, 0.717) is 93.1 Å². The zero-order valence-corrected chi connectivity index (χ0v) is 44.3. The van der Waals surface area contributed by atoms with E-state index in [9.17, 15) is 18.0 Å². The van der Waals surface area contributed by atoms with Gasteiger partial charge in [-0.1, -0.05) is 111 Å². The van der Waals surface area contributed by atoms with Crippen molar-refractivity contribution >= 4 is 68.0 Å². The van der Waals surface area contributed by atoms with Gasteiger partial charge in [0.25, 0.3) is 5.91 Å². The monoisotopic (exact) mass is 1030 g/mol. The summed E-state index contributed by atoms with van der Waals surface area (Å²) in [5, 5.41) is 10.4. The molecule has 4 aromatic carbocycles. The third-order valence-corrected chi connectivity index (χ3v) is 15.7. The number of aromatic nitrogens is 1. The maximum absolute atomic E-state index is 14.6. The normalized spacial score (nSPS) is 14.6. The summed E-state index contributed by atoms with van der Waals surface area (Å²) in [6, 6.07) is 34.1. The van der Waals surface area contributed by atoms with E-state index in [1.165, 1.54) is 0 Å². The molecule has 382 valence electrons. The molecule has 0 bridgehead atoms. The van der Waals surface area contributed by atoms with E-state index in [1.54, 1.807) is 41.0 Å². The molecule has 0 radical (unpaired) electrons. The summed E-state index contributed by atoms with van der Waals surface area (Å²) < 4.78 is 28.5. The lowest BCUT2D eigenvalue weighted by Gasteiger charge is -2.41. The van der Waals surface area contributed by atoms with E-state index in [-0.39, 0.29) is 28.7 Å². The standard InChI is InChI=1S/C56H70ClN9O4S2/c1-42(2)53(54-62-51-37-48(57)24-23-47(51)41-64(54)40-44-15-9-8-10-16-44)66(55(68)46-21-19-43(3)20-22-46)32-14-30-59-52(67)18-11-6-4-5-7-12-31-63-33-35-65(36-34-63)72(69,70)50-27-25-49(26-28-50)61-56(71)60-39-45-17-13-29-58-38-45/h8-10,13,15-17,19-29,37-38,42,53H,4-7,11-12,14,18,30-36,39-41H2,1-3H3,(H,59,67)(H2,60,61,71)/t53-/m1/s1. The Bertz CT molecular complexity index is 2680. The van der Waals surface area contributed by atoms with Crippen LogP contribution in [0.3, 0.4) is 0 Å². The van der Waals surface area contributed by atoms with Crippen molar-refractivity contribution in [3.63, 3.8) is 0 Å². The Morgan fingerprint density at radius 1 is 0.806 bits per heavy atom. The highest BCUT2D eigenvalue weighted by Gasteiger charge is 2.36. The number of carbonyl (C=O) groups excluding carboxylic acids is 2. The summed E-state index contributed by atoms with van der Waals surface area (Å²) in [4.78, 5) is 43.8.